The van der Waals surface area contributed by atoms with Crippen molar-refractivity contribution in [1.82, 2.24) is 5.32 Å². The fraction of sp³-hybridized carbons (Fsp3) is 0.907. The maximum atomic E-state index is 12.9. The summed E-state index contributed by atoms with van der Waals surface area (Å²) >= 11 is 0. The Bertz CT molecular complexity index is 1080. The van der Waals surface area contributed by atoms with Gasteiger partial charge in [0.2, 0.25) is 5.91 Å². The van der Waals surface area contributed by atoms with Crippen LogP contribution in [0.4, 0.5) is 0 Å². The van der Waals surface area contributed by atoms with Gasteiger partial charge in [-0.1, -0.05) is 237 Å². The van der Waals surface area contributed by atoms with Crippen LogP contribution in [0, 0.1) is 0 Å². The zero-order valence-electron chi connectivity index (χ0n) is 42.5. The van der Waals surface area contributed by atoms with Gasteiger partial charge in [-0.05, 0) is 44.9 Å². The van der Waals surface area contributed by atoms with Gasteiger partial charge in [-0.2, -0.15) is 0 Å². The van der Waals surface area contributed by atoms with Crippen LogP contribution >= 0.6 is 7.82 Å². The third kappa shape index (κ3) is 48.7. The molecule has 374 valence electrons. The third-order valence-electron chi connectivity index (χ3n) is 12.4. The molecule has 0 bridgehead atoms. The van der Waals surface area contributed by atoms with Crippen molar-refractivity contribution in [2.24, 2.45) is 0 Å². The summed E-state index contributed by atoms with van der Waals surface area (Å²) in [5.41, 5.74) is 0. The Labute approximate surface area is 392 Å². The van der Waals surface area contributed by atoms with E-state index in [4.69, 9.17) is 9.05 Å². The van der Waals surface area contributed by atoms with E-state index in [0.717, 1.165) is 38.5 Å². The molecule has 0 aliphatic carbocycles. The first-order valence-corrected chi connectivity index (χ1v) is 28.7. The molecule has 2 N–H and O–H groups in total. The predicted molar refractivity (Wildman–Crippen MR) is 270 cm³/mol. The second kappa shape index (κ2) is 46.1. The first kappa shape index (κ1) is 62.0. The first-order valence-electron chi connectivity index (χ1n) is 27.2. The van der Waals surface area contributed by atoms with E-state index < -0.39 is 20.0 Å². The lowest BCUT2D eigenvalue weighted by Gasteiger charge is -2.29. The van der Waals surface area contributed by atoms with Crippen LogP contribution in [-0.2, 0) is 18.4 Å². The number of amides is 1. The minimum absolute atomic E-state index is 0.000324. The lowest BCUT2D eigenvalue weighted by molar-refractivity contribution is -0.870. The monoisotopic (exact) mass is 911 g/mol. The van der Waals surface area contributed by atoms with Gasteiger partial charge in [0.15, 0.2) is 0 Å². The Morgan fingerprint density at radius 1 is 0.540 bits per heavy atom. The number of phosphoric acid groups is 1. The van der Waals surface area contributed by atoms with E-state index in [9.17, 15) is 19.4 Å². The smallest absolute Gasteiger partial charge is 0.268 e. The molecule has 1 amide bonds. The van der Waals surface area contributed by atoms with E-state index in [1.165, 1.54) is 205 Å². The maximum absolute atomic E-state index is 12.9. The van der Waals surface area contributed by atoms with Crippen molar-refractivity contribution in [3.8, 4) is 0 Å². The molecular formula is C54H107N2O6P. The number of hydrogen-bond acceptors (Lipinski definition) is 6. The topological polar surface area (TPSA) is 108 Å². The molecule has 0 saturated heterocycles. The van der Waals surface area contributed by atoms with Crippen molar-refractivity contribution < 1.29 is 32.9 Å². The summed E-state index contributed by atoms with van der Waals surface area (Å²) in [7, 11) is 1.27. The predicted octanol–water partition coefficient (Wildman–Crippen LogP) is 15.4. The van der Waals surface area contributed by atoms with E-state index in [0.29, 0.717) is 17.4 Å². The summed E-state index contributed by atoms with van der Waals surface area (Å²) in [5, 5.41) is 13.9. The molecule has 0 aliphatic heterocycles. The SMILES string of the molecule is CCCCCCCCC/C=C\CCCCCCCCCC(=O)NC(COP(=O)([O-])OCC[N+](C)(C)C)C(O)/C=C/CCCCCCCCCCCCCCCCCCCCCCC. The van der Waals surface area contributed by atoms with Gasteiger partial charge in [0.05, 0.1) is 39.9 Å². The van der Waals surface area contributed by atoms with Crippen LogP contribution in [0.25, 0.3) is 0 Å². The van der Waals surface area contributed by atoms with Crippen molar-refractivity contribution in [2.45, 2.75) is 276 Å². The molecular weight excluding hydrogens is 804 g/mol. The number of rotatable bonds is 50. The van der Waals surface area contributed by atoms with Crippen LogP contribution in [0.1, 0.15) is 264 Å². The number of phosphoric ester groups is 1. The van der Waals surface area contributed by atoms with E-state index in [-0.39, 0.29) is 19.1 Å². The number of allylic oxidation sites excluding steroid dienone is 3. The molecule has 9 heteroatoms. The number of quaternary nitrogens is 1. The molecule has 0 saturated carbocycles. The number of carbonyl (C=O) groups excluding carboxylic acids is 1. The lowest BCUT2D eigenvalue weighted by atomic mass is 10.0. The van der Waals surface area contributed by atoms with Crippen LogP contribution in [0.5, 0.6) is 0 Å². The molecule has 0 heterocycles. The molecule has 3 unspecified atom stereocenters. The van der Waals surface area contributed by atoms with Gasteiger partial charge in [-0.15, -0.1) is 0 Å². The second-order valence-electron chi connectivity index (χ2n) is 19.9. The number of carbonyl (C=O) groups is 1. The molecule has 0 fully saturated rings. The van der Waals surface area contributed by atoms with Crippen LogP contribution in [-0.4, -0.2) is 68.5 Å². The molecule has 0 radical (unpaired) electrons. The summed E-state index contributed by atoms with van der Waals surface area (Å²) in [4.78, 5) is 25.4. The van der Waals surface area contributed by atoms with Crippen LogP contribution in [0.2, 0.25) is 0 Å². The lowest BCUT2D eigenvalue weighted by Crippen LogP contribution is -2.45. The number of aliphatic hydroxyl groups is 1. The number of unbranched alkanes of at least 4 members (excludes halogenated alkanes) is 35. The van der Waals surface area contributed by atoms with Crippen molar-refractivity contribution in [3.63, 3.8) is 0 Å². The zero-order valence-corrected chi connectivity index (χ0v) is 43.4. The number of nitrogens with zero attached hydrogens (tertiary/aromatic N) is 1. The average molecular weight is 911 g/mol. The van der Waals surface area contributed by atoms with Gasteiger partial charge in [-0.3, -0.25) is 9.36 Å². The van der Waals surface area contributed by atoms with Gasteiger partial charge in [0.25, 0.3) is 7.82 Å². The average Bonchev–Trinajstić information content (AvgIpc) is 3.24. The zero-order chi connectivity index (χ0) is 46.4. The molecule has 0 spiro atoms. The molecule has 8 nitrogen and oxygen atoms in total. The Balaban J connectivity index is 4.25. The van der Waals surface area contributed by atoms with Gasteiger partial charge in [0.1, 0.15) is 13.2 Å². The minimum atomic E-state index is -4.59. The summed E-state index contributed by atoms with van der Waals surface area (Å²) in [5.74, 6) is -0.199. The summed E-state index contributed by atoms with van der Waals surface area (Å²) < 4.78 is 23.3. The van der Waals surface area contributed by atoms with E-state index in [2.05, 4.69) is 31.3 Å². The Kier molecular flexibility index (Phi) is 45.4. The molecule has 0 aliphatic rings. The number of nitrogens with one attached hydrogen (secondary N) is 1. The van der Waals surface area contributed by atoms with Crippen molar-refractivity contribution >= 4 is 13.7 Å². The molecule has 0 rings (SSSR count). The van der Waals surface area contributed by atoms with Gasteiger partial charge in [0, 0.05) is 6.42 Å². The minimum Gasteiger partial charge on any atom is -0.756 e. The summed E-state index contributed by atoms with van der Waals surface area (Å²) in [6.45, 7) is 4.67. The highest BCUT2D eigenvalue weighted by molar-refractivity contribution is 7.45. The molecule has 0 aromatic carbocycles. The van der Waals surface area contributed by atoms with Crippen molar-refractivity contribution in [1.29, 1.82) is 0 Å². The summed E-state index contributed by atoms with van der Waals surface area (Å²) in [6.07, 6.45) is 56.7. The van der Waals surface area contributed by atoms with E-state index in [1.807, 2.05) is 27.2 Å². The highest BCUT2D eigenvalue weighted by atomic mass is 31.2. The maximum Gasteiger partial charge on any atom is 0.268 e. The van der Waals surface area contributed by atoms with E-state index >= 15 is 0 Å². The molecule has 0 aromatic heterocycles. The highest BCUT2D eigenvalue weighted by Crippen LogP contribution is 2.38. The molecule has 0 aromatic rings. The van der Waals surface area contributed by atoms with E-state index in [1.54, 1.807) is 6.08 Å². The van der Waals surface area contributed by atoms with Gasteiger partial charge < -0.3 is 28.8 Å². The quantitative estimate of drug-likeness (QED) is 0.0272. The second-order valence-corrected chi connectivity index (χ2v) is 21.3. The number of hydrogen-bond donors (Lipinski definition) is 2. The Hall–Kier alpha value is -1.02. The van der Waals surface area contributed by atoms with Crippen LogP contribution in [0.15, 0.2) is 24.3 Å². The first-order chi connectivity index (χ1) is 30.5. The normalized spacial score (nSPS) is 14.2. The van der Waals surface area contributed by atoms with Crippen molar-refractivity contribution in [2.75, 3.05) is 40.9 Å². The van der Waals surface area contributed by atoms with Crippen molar-refractivity contribution in [3.05, 3.63) is 24.3 Å². The van der Waals surface area contributed by atoms with Crippen LogP contribution < -0.4 is 10.2 Å². The summed E-state index contributed by atoms with van der Waals surface area (Å²) in [6, 6.07) is -0.887. The molecule has 3 atom stereocenters. The largest absolute Gasteiger partial charge is 0.756 e. The highest BCUT2D eigenvalue weighted by Gasteiger charge is 2.23. The van der Waals surface area contributed by atoms with Crippen LogP contribution in [0.3, 0.4) is 0 Å². The standard InChI is InChI=1S/C54H107N2O6P/c1-6-8-10-12-14-16-18-20-22-24-26-27-28-29-30-31-33-35-37-39-41-43-45-47-53(57)52(51-62-63(59,60)61-50-49-56(3,4)5)55-54(58)48-46-44-42-40-38-36-34-32-25-23-21-19-17-15-13-11-9-7-2/h23,25,45,47,52-53,57H,6-22,24,26-44,46,48-51H2,1-5H3,(H-,55,58,59,60)/b25-23-,47-45+. The Morgan fingerprint density at radius 3 is 1.24 bits per heavy atom. The van der Waals surface area contributed by atoms with Gasteiger partial charge >= 0.3 is 0 Å². The third-order valence-corrected chi connectivity index (χ3v) is 13.4. The fourth-order valence-corrected chi connectivity index (χ4v) is 8.81. The Morgan fingerprint density at radius 2 is 0.873 bits per heavy atom. The number of likely N-dealkylation sites (N-methyl/N-ethyl adjacent to an activating group) is 1. The molecule has 63 heavy (non-hydrogen) atoms. The fourth-order valence-electron chi connectivity index (χ4n) is 8.09. The van der Waals surface area contributed by atoms with Gasteiger partial charge in [-0.25, -0.2) is 0 Å². The number of aliphatic hydroxyl groups excluding tert-OH is 1.